The third-order valence-corrected chi connectivity index (χ3v) is 2.87. The Balaban J connectivity index is 2.21. The average molecular weight is 224 g/mol. The Morgan fingerprint density at radius 3 is 2.59 bits per heavy atom. The van der Waals surface area contributed by atoms with E-state index in [-0.39, 0.29) is 5.75 Å². The Hall–Kier alpha value is -2.29. The summed E-state index contributed by atoms with van der Waals surface area (Å²) in [6, 6.07) is 13.5. The normalized spacial score (nSPS) is 10.9. The summed E-state index contributed by atoms with van der Waals surface area (Å²) in [5, 5.41) is 17.7. The van der Waals surface area contributed by atoms with E-state index in [4.69, 9.17) is 0 Å². The van der Waals surface area contributed by atoms with Crippen LogP contribution in [0, 0.1) is 6.92 Å². The highest BCUT2D eigenvalue weighted by molar-refractivity contribution is 5.93. The highest BCUT2D eigenvalue weighted by atomic mass is 16.3. The molecule has 0 fully saturated rings. The molecule has 0 atom stereocenters. The topological polar surface area (TPSA) is 48.9 Å². The second kappa shape index (κ2) is 3.63. The van der Waals surface area contributed by atoms with Crippen molar-refractivity contribution in [3.05, 3.63) is 48.0 Å². The second-order valence-corrected chi connectivity index (χ2v) is 4.17. The third kappa shape index (κ3) is 1.65. The van der Waals surface area contributed by atoms with Crippen molar-refractivity contribution in [1.82, 2.24) is 10.2 Å². The first-order chi connectivity index (χ1) is 8.24. The number of aryl methyl sites for hydroxylation is 1. The fraction of sp³-hybridized carbons (Fsp3) is 0.0714. The molecule has 84 valence electrons. The third-order valence-electron chi connectivity index (χ3n) is 2.87. The van der Waals surface area contributed by atoms with Crippen molar-refractivity contribution in [3.63, 3.8) is 0 Å². The number of rotatable bonds is 1. The van der Waals surface area contributed by atoms with Crippen molar-refractivity contribution in [2.75, 3.05) is 0 Å². The van der Waals surface area contributed by atoms with Gasteiger partial charge in [0.1, 0.15) is 5.75 Å². The van der Waals surface area contributed by atoms with Gasteiger partial charge in [0.25, 0.3) is 0 Å². The number of hydrogen-bond donors (Lipinski definition) is 2. The fourth-order valence-corrected chi connectivity index (χ4v) is 1.94. The van der Waals surface area contributed by atoms with Crippen molar-refractivity contribution in [1.29, 1.82) is 0 Å². The summed E-state index contributed by atoms with van der Waals surface area (Å²) >= 11 is 0. The molecule has 1 heterocycles. The number of benzene rings is 2. The van der Waals surface area contributed by atoms with E-state index in [0.717, 1.165) is 22.2 Å². The smallest absolute Gasteiger partial charge is 0.117 e. The minimum Gasteiger partial charge on any atom is -0.508 e. The van der Waals surface area contributed by atoms with E-state index in [1.54, 1.807) is 12.1 Å². The van der Waals surface area contributed by atoms with Crippen LogP contribution >= 0.6 is 0 Å². The molecule has 0 saturated heterocycles. The molecular weight excluding hydrogens is 212 g/mol. The van der Waals surface area contributed by atoms with Gasteiger partial charge < -0.3 is 5.11 Å². The maximum absolute atomic E-state index is 9.40. The maximum Gasteiger partial charge on any atom is 0.117 e. The zero-order valence-corrected chi connectivity index (χ0v) is 9.44. The number of aromatic amines is 1. The lowest BCUT2D eigenvalue weighted by Crippen LogP contribution is -1.79. The Kier molecular flexibility index (Phi) is 2.11. The molecule has 0 saturated carbocycles. The molecule has 17 heavy (non-hydrogen) atoms. The van der Waals surface area contributed by atoms with E-state index < -0.39 is 0 Å². The Morgan fingerprint density at radius 1 is 1.06 bits per heavy atom. The van der Waals surface area contributed by atoms with Gasteiger partial charge in [0, 0.05) is 17.0 Å². The minimum absolute atomic E-state index is 0.247. The minimum atomic E-state index is 0.247. The highest BCUT2D eigenvalue weighted by Crippen LogP contribution is 2.28. The molecule has 0 spiro atoms. The number of phenolic OH excluding ortho intramolecular Hbond substituents is 1. The summed E-state index contributed by atoms with van der Waals surface area (Å²) < 4.78 is 0. The van der Waals surface area contributed by atoms with Crippen LogP contribution in [0.5, 0.6) is 5.75 Å². The molecule has 3 heteroatoms. The zero-order valence-electron chi connectivity index (χ0n) is 9.44. The summed E-state index contributed by atoms with van der Waals surface area (Å²) in [7, 11) is 0. The molecule has 3 nitrogen and oxygen atoms in total. The predicted octanol–water partition coefficient (Wildman–Crippen LogP) is 3.24. The van der Waals surface area contributed by atoms with Gasteiger partial charge in [-0.3, -0.25) is 5.10 Å². The summed E-state index contributed by atoms with van der Waals surface area (Å²) in [6.07, 6.45) is 0. The van der Waals surface area contributed by atoms with E-state index in [1.807, 2.05) is 6.07 Å². The molecule has 0 radical (unpaired) electrons. The lowest BCUT2D eigenvalue weighted by Gasteiger charge is -1.99. The van der Waals surface area contributed by atoms with Gasteiger partial charge in [-0.05, 0) is 19.1 Å². The van der Waals surface area contributed by atoms with E-state index in [2.05, 4.69) is 41.4 Å². The monoisotopic (exact) mass is 224 g/mol. The standard InChI is InChI=1S/C14H12N2O/c1-9-2-4-10(5-3-9)14-12-7-6-11(17)8-13(12)15-16-14/h2-8,17H,1H3,(H,15,16). The van der Waals surface area contributed by atoms with Crippen LogP contribution in [0.4, 0.5) is 0 Å². The lowest BCUT2D eigenvalue weighted by molar-refractivity contribution is 0.476. The second-order valence-electron chi connectivity index (χ2n) is 4.17. The summed E-state index contributed by atoms with van der Waals surface area (Å²) in [6.45, 7) is 2.06. The van der Waals surface area contributed by atoms with Gasteiger partial charge >= 0.3 is 0 Å². The molecule has 3 aromatic rings. The van der Waals surface area contributed by atoms with Gasteiger partial charge in [-0.2, -0.15) is 5.10 Å². The molecule has 0 bridgehead atoms. The van der Waals surface area contributed by atoms with Crippen molar-refractivity contribution >= 4 is 10.9 Å². The molecule has 0 unspecified atom stereocenters. The van der Waals surface area contributed by atoms with E-state index in [0.29, 0.717) is 0 Å². The first-order valence-electron chi connectivity index (χ1n) is 5.48. The number of fused-ring (bicyclic) bond motifs is 1. The predicted molar refractivity (Wildman–Crippen MR) is 67.9 cm³/mol. The van der Waals surface area contributed by atoms with E-state index in [9.17, 15) is 5.11 Å². The summed E-state index contributed by atoms with van der Waals surface area (Å²) in [5.74, 6) is 0.247. The van der Waals surface area contributed by atoms with Crippen molar-refractivity contribution < 1.29 is 5.11 Å². The van der Waals surface area contributed by atoms with Gasteiger partial charge in [0.15, 0.2) is 0 Å². The maximum atomic E-state index is 9.40. The van der Waals surface area contributed by atoms with E-state index >= 15 is 0 Å². The summed E-state index contributed by atoms with van der Waals surface area (Å²) in [4.78, 5) is 0. The van der Waals surface area contributed by atoms with Crippen LogP contribution in [0.15, 0.2) is 42.5 Å². The quantitative estimate of drug-likeness (QED) is 0.666. The van der Waals surface area contributed by atoms with Gasteiger partial charge in [-0.25, -0.2) is 0 Å². The van der Waals surface area contributed by atoms with Gasteiger partial charge in [-0.1, -0.05) is 29.8 Å². The molecule has 2 N–H and O–H groups in total. The number of nitrogens with one attached hydrogen (secondary N) is 1. The first-order valence-corrected chi connectivity index (χ1v) is 5.48. The van der Waals surface area contributed by atoms with Crippen molar-refractivity contribution in [2.24, 2.45) is 0 Å². The van der Waals surface area contributed by atoms with Gasteiger partial charge in [-0.15, -0.1) is 0 Å². The SMILES string of the molecule is Cc1ccc(-c2n[nH]c3cc(O)ccc23)cc1. The van der Waals surface area contributed by atoms with Crippen LogP contribution in [0.3, 0.4) is 0 Å². The molecule has 1 aromatic heterocycles. The molecule has 0 aliphatic heterocycles. The summed E-state index contributed by atoms with van der Waals surface area (Å²) in [5.41, 5.74) is 4.07. The van der Waals surface area contributed by atoms with Crippen LogP contribution in [0.2, 0.25) is 0 Å². The van der Waals surface area contributed by atoms with E-state index in [1.165, 1.54) is 5.56 Å². The number of phenols is 1. The highest BCUT2D eigenvalue weighted by Gasteiger charge is 2.07. The van der Waals surface area contributed by atoms with Crippen LogP contribution < -0.4 is 0 Å². The molecule has 0 amide bonds. The first kappa shape index (κ1) is 9.90. The number of aromatic hydroxyl groups is 1. The Labute approximate surface area is 98.7 Å². The molecule has 3 rings (SSSR count). The van der Waals surface area contributed by atoms with Crippen molar-refractivity contribution in [2.45, 2.75) is 6.92 Å². The molecule has 2 aromatic carbocycles. The van der Waals surface area contributed by atoms with Crippen LogP contribution in [0.1, 0.15) is 5.56 Å². The molecular formula is C14H12N2O. The largest absolute Gasteiger partial charge is 0.508 e. The number of hydrogen-bond acceptors (Lipinski definition) is 2. The average Bonchev–Trinajstić information content (AvgIpc) is 2.73. The van der Waals surface area contributed by atoms with Gasteiger partial charge in [0.2, 0.25) is 0 Å². The van der Waals surface area contributed by atoms with Crippen molar-refractivity contribution in [3.8, 4) is 17.0 Å². The fourth-order valence-electron chi connectivity index (χ4n) is 1.94. The number of nitrogens with zero attached hydrogens (tertiary/aromatic N) is 1. The molecule has 0 aliphatic rings. The van der Waals surface area contributed by atoms with Crippen LogP contribution in [-0.2, 0) is 0 Å². The Bertz CT molecular complexity index is 668. The Morgan fingerprint density at radius 2 is 1.82 bits per heavy atom. The lowest BCUT2D eigenvalue weighted by atomic mass is 10.1. The molecule has 0 aliphatic carbocycles. The van der Waals surface area contributed by atoms with Crippen LogP contribution in [-0.4, -0.2) is 15.3 Å². The number of aromatic nitrogens is 2. The van der Waals surface area contributed by atoms with Gasteiger partial charge in [0.05, 0.1) is 11.2 Å². The number of H-pyrrole nitrogens is 1. The van der Waals surface area contributed by atoms with Crippen LogP contribution in [0.25, 0.3) is 22.2 Å². The zero-order chi connectivity index (χ0) is 11.8.